The Morgan fingerprint density at radius 2 is 1.75 bits per heavy atom. The van der Waals surface area contributed by atoms with Gasteiger partial charge >= 0.3 is 0 Å². The van der Waals surface area contributed by atoms with Gasteiger partial charge in [0.2, 0.25) is 0 Å². The summed E-state index contributed by atoms with van der Waals surface area (Å²) < 4.78 is 29.6. The molecule has 1 aromatic rings. The van der Waals surface area contributed by atoms with Crippen molar-refractivity contribution in [3.8, 4) is 5.75 Å². The maximum atomic E-state index is 12.0. The number of sulfonamides is 1. The topological polar surface area (TPSA) is 64.6 Å². The predicted octanol–water partition coefficient (Wildman–Crippen LogP) is 2.63. The molecular formula is C14H21NO4S. The van der Waals surface area contributed by atoms with Crippen LogP contribution in [0.15, 0.2) is 29.2 Å². The second-order valence-corrected chi connectivity index (χ2v) is 6.89. The molecule has 0 amide bonds. The lowest BCUT2D eigenvalue weighted by molar-refractivity contribution is 0.0223. The van der Waals surface area contributed by atoms with E-state index in [-0.39, 0.29) is 17.1 Å². The van der Waals surface area contributed by atoms with Crippen molar-refractivity contribution >= 4 is 10.0 Å². The number of hydrogen-bond acceptors (Lipinski definition) is 4. The van der Waals surface area contributed by atoms with Crippen molar-refractivity contribution in [1.29, 1.82) is 0 Å². The lowest BCUT2D eigenvalue weighted by atomic mass is 10.3. The Bertz CT molecular complexity index is 519. The lowest BCUT2D eigenvalue weighted by Gasteiger charge is -2.13. The Morgan fingerprint density at radius 1 is 1.15 bits per heavy atom. The van der Waals surface area contributed by atoms with Crippen molar-refractivity contribution in [2.24, 2.45) is 0 Å². The van der Waals surface area contributed by atoms with Crippen LogP contribution in [0.2, 0.25) is 0 Å². The van der Waals surface area contributed by atoms with Crippen LogP contribution in [0.4, 0.5) is 0 Å². The van der Waals surface area contributed by atoms with Gasteiger partial charge in [-0.2, -0.15) is 0 Å². The molecule has 0 heterocycles. The van der Waals surface area contributed by atoms with E-state index in [0.717, 1.165) is 25.7 Å². The highest BCUT2D eigenvalue weighted by Gasteiger charge is 2.20. The molecule has 1 aliphatic rings. The smallest absolute Gasteiger partial charge is 0.262 e. The van der Waals surface area contributed by atoms with E-state index in [4.69, 9.17) is 9.57 Å². The third kappa shape index (κ3) is 4.19. The Kier molecular flexibility index (Phi) is 5.01. The summed E-state index contributed by atoms with van der Waals surface area (Å²) >= 11 is 0. The van der Waals surface area contributed by atoms with Crippen LogP contribution in [-0.2, 0) is 14.9 Å². The van der Waals surface area contributed by atoms with E-state index in [0.29, 0.717) is 5.75 Å². The van der Waals surface area contributed by atoms with Crippen LogP contribution in [0.5, 0.6) is 5.75 Å². The Balaban J connectivity index is 1.97. The van der Waals surface area contributed by atoms with Crippen molar-refractivity contribution in [2.45, 2.75) is 56.6 Å². The average Bonchev–Trinajstić information content (AvgIpc) is 2.89. The van der Waals surface area contributed by atoms with Gasteiger partial charge in [0.05, 0.1) is 17.1 Å². The van der Waals surface area contributed by atoms with Crippen LogP contribution in [-0.4, -0.2) is 20.6 Å². The van der Waals surface area contributed by atoms with Gasteiger partial charge in [-0.25, -0.2) is 8.42 Å². The highest BCUT2D eigenvalue weighted by Crippen LogP contribution is 2.21. The van der Waals surface area contributed by atoms with Crippen molar-refractivity contribution in [2.75, 3.05) is 0 Å². The van der Waals surface area contributed by atoms with Gasteiger partial charge in [0.15, 0.2) is 0 Å². The third-order valence-corrected chi connectivity index (χ3v) is 4.34. The molecule has 0 atom stereocenters. The third-order valence-electron chi connectivity index (χ3n) is 3.13. The fourth-order valence-corrected chi connectivity index (χ4v) is 3.01. The molecule has 112 valence electrons. The fraction of sp³-hybridized carbons (Fsp3) is 0.571. The summed E-state index contributed by atoms with van der Waals surface area (Å²) in [7, 11) is -3.62. The minimum atomic E-state index is -3.62. The summed E-state index contributed by atoms with van der Waals surface area (Å²) in [4.78, 5) is 7.63. The molecule has 1 aliphatic carbocycles. The molecule has 0 bridgehead atoms. The first-order chi connectivity index (χ1) is 9.47. The first-order valence-electron chi connectivity index (χ1n) is 6.91. The average molecular weight is 299 g/mol. The van der Waals surface area contributed by atoms with Gasteiger partial charge in [-0.05, 0) is 51.0 Å². The molecule has 0 unspecified atom stereocenters. The summed E-state index contributed by atoms with van der Waals surface area (Å²) in [5, 5.41) is 0. The van der Waals surface area contributed by atoms with Crippen LogP contribution < -0.4 is 9.62 Å². The molecule has 0 aliphatic heterocycles. The SMILES string of the molecule is CC(C)Oc1ccc(S(=O)(=O)NOC2CCCC2)cc1. The van der Waals surface area contributed by atoms with Gasteiger partial charge in [0, 0.05) is 0 Å². The second kappa shape index (κ2) is 6.56. The van der Waals surface area contributed by atoms with E-state index in [1.54, 1.807) is 12.1 Å². The van der Waals surface area contributed by atoms with Gasteiger partial charge < -0.3 is 4.74 Å². The number of ether oxygens (including phenoxy) is 1. The molecular weight excluding hydrogens is 278 g/mol. The molecule has 0 radical (unpaired) electrons. The summed E-state index contributed by atoms with van der Waals surface area (Å²) in [6.07, 6.45) is 4.05. The molecule has 2 rings (SSSR count). The maximum Gasteiger partial charge on any atom is 0.262 e. The van der Waals surface area contributed by atoms with Crippen LogP contribution >= 0.6 is 0 Å². The Morgan fingerprint density at radius 3 is 2.30 bits per heavy atom. The molecule has 1 fully saturated rings. The second-order valence-electron chi connectivity index (χ2n) is 5.25. The normalized spacial score (nSPS) is 16.8. The monoisotopic (exact) mass is 299 g/mol. The first-order valence-corrected chi connectivity index (χ1v) is 8.40. The standard InChI is InChI=1S/C14H21NO4S/c1-11(2)18-12-7-9-14(10-8-12)20(16,17)15-19-13-5-3-4-6-13/h7-11,13,15H,3-6H2,1-2H3. The van der Waals surface area contributed by atoms with Crippen molar-refractivity contribution < 1.29 is 18.0 Å². The Labute approximate surface area is 120 Å². The van der Waals surface area contributed by atoms with E-state index in [1.165, 1.54) is 12.1 Å². The fourth-order valence-electron chi connectivity index (χ4n) is 2.16. The number of nitrogens with one attached hydrogen (secondary N) is 1. The van der Waals surface area contributed by atoms with E-state index >= 15 is 0 Å². The quantitative estimate of drug-likeness (QED) is 0.820. The summed E-state index contributed by atoms with van der Waals surface area (Å²) in [5.74, 6) is 0.649. The molecule has 1 saturated carbocycles. The van der Waals surface area contributed by atoms with Crippen molar-refractivity contribution in [1.82, 2.24) is 4.89 Å². The first kappa shape index (κ1) is 15.3. The molecule has 0 saturated heterocycles. The number of hydrogen-bond donors (Lipinski definition) is 1. The number of benzene rings is 1. The molecule has 20 heavy (non-hydrogen) atoms. The van der Waals surface area contributed by atoms with Crippen LogP contribution in [0.1, 0.15) is 39.5 Å². The molecule has 1 aromatic carbocycles. The minimum absolute atomic E-state index is 0.00618. The minimum Gasteiger partial charge on any atom is -0.491 e. The van der Waals surface area contributed by atoms with Crippen LogP contribution in [0, 0.1) is 0 Å². The van der Waals surface area contributed by atoms with Gasteiger partial charge in [0.25, 0.3) is 10.0 Å². The zero-order chi connectivity index (χ0) is 14.6. The van der Waals surface area contributed by atoms with Gasteiger partial charge in [0.1, 0.15) is 5.75 Å². The maximum absolute atomic E-state index is 12.0. The van der Waals surface area contributed by atoms with E-state index in [2.05, 4.69) is 4.89 Å². The highest BCUT2D eigenvalue weighted by molar-refractivity contribution is 7.89. The zero-order valence-corrected chi connectivity index (χ0v) is 12.7. The Hall–Kier alpha value is -1.11. The molecule has 6 heteroatoms. The summed E-state index contributed by atoms with van der Waals surface area (Å²) in [6.45, 7) is 3.84. The van der Waals surface area contributed by atoms with Crippen LogP contribution in [0.3, 0.4) is 0 Å². The van der Waals surface area contributed by atoms with E-state index in [9.17, 15) is 8.42 Å². The lowest BCUT2D eigenvalue weighted by Crippen LogP contribution is -2.28. The van der Waals surface area contributed by atoms with Gasteiger partial charge in [-0.3, -0.25) is 4.84 Å². The molecule has 0 aromatic heterocycles. The van der Waals surface area contributed by atoms with E-state index < -0.39 is 10.0 Å². The van der Waals surface area contributed by atoms with Gasteiger partial charge in [-0.15, -0.1) is 0 Å². The number of rotatable bonds is 6. The van der Waals surface area contributed by atoms with E-state index in [1.807, 2.05) is 13.8 Å². The van der Waals surface area contributed by atoms with Crippen LogP contribution in [0.25, 0.3) is 0 Å². The van der Waals surface area contributed by atoms with Crippen molar-refractivity contribution in [3.05, 3.63) is 24.3 Å². The largest absolute Gasteiger partial charge is 0.491 e. The predicted molar refractivity (Wildman–Crippen MR) is 75.9 cm³/mol. The summed E-state index contributed by atoms with van der Waals surface area (Å²) in [6, 6.07) is 6.31. The van der Waals surface area contributed by atoms with Gasteiger partial charge in [-0.1, -0.05) is 17.7 Å². The molecule has 5 nitrogen and oxygen atoms in total. The molecule has 0 spiro atoms. The zero-order valence-electron chi connectivity index (χ0n) is 11.8. The van der Waals surface area contributed by atoms with Crippen molar-refractivity contribution in [3.63, 3.8) is 0 Å². The summed E-state index contributed by atoms with van der Waals surface area (Å²) in [5.41, 5.74) is 0. The molecule has 1 N–H and O–H groups in total. The highest BCUT2D eigenvalue weighted by atomic mass is 32.2.